The summed E-state index contributed by atoms with van der Waals surface area (Å²) in [6.45, 7) is 0.958. The lowest BCUT2D eigenvalue weighted by Gasteiger charge is -2.22. The summed E-state index contributed by atoms with van der Waals surface area (Å²) in [5.74, 6) is 0. The van der Waals surface area contributed by atoms with Crippen molar-refractivity contribution in [3.63, 3.8) is 0 Å². The first-order valence-electron chi connectivity index (χ1n) is 6.31. The molecule has 3 heteroatoms. The number of hydrogen-bond donors (Lipinski definition) is 1. The van der Waals surface area contributed by atoms with Crippen LogP contribution in [0, 0.1) is 0 Å². The van der Waals surface area contributed by atoms with Gasteiger partial charge in [-0.3, -0.25) is 0 Å². The molecule has 2 nitrogen and oxygen atoms in total. The molecule has 0 aliphatic heterocycles. The number of hydrogen-bond acceptors (Lipinski definition) is 2. The van der Waals surface area contributed by atoms with E-state index >= 15 is 0 Å². The van der Waals surface area contributed by atoms with Crippen LogP contribution in [0.4, 0.5) is 0 Å². The molecule has 2 rings (SSSR count). The summed E-state index contributed by atoms with van der Waals surface area (Å²) in [5.41, 5.74) is 1.35. The molecule has 1 fully saturated rings. The summed E-state index contributed by atoms with van der Waals surface area (Å²) in [6.07, 6.45) is 7.23. The second kappa shape index (κ2) is 6.84. The average Bonchev–Trinajstić information content (AvgIpc) is 2.37. The molecule has 1 N–H and O–H groups in total. The third-order valence-electron chi connectivity index (χ3n) is 3.15. The summed E-state index contributed by atoms with van der Waals surface area (Å²) in [6, 6.07) is 10.5. The van der Waals surface area contributed by atoms with E-state index in [-0.39, 0.29) is 0 Å². The molecule has 1 aliphatic rings. The van der Waals surface area contributed by atoms with Crippen molar-refractivity contribution in [1.29, 1.82) is 0 Å². The Balaban J connectivity index is 1.58. The van der Waals surface area contributed by atoms with E-state index in [2.05, 4.69) is 35.3 Å². The zero-order chi connectivity index (χ0) is 11.1. The molecule has 0 atom stereocenters. The van der Waals surface area contributed by atoms with Gasteiger partial charge in [0.1, 0.15) is 0 Å². The van der Waals surface area contributed by atoms with Crippen molar-refractivity contribution in [2.75, 3.05) is 0 Å². The summed E-state index contributed by atoms with van der Waals surface area (Å²) in [4.78, 5) is 3.47. The van der Waals surface area contributed by atoms with Crippen LogP contribution in [0.15, 0.2) is 30.3 Å². The minimum absolute atomic E-state index is 0.527. The molecule has 1 aliphatic carbocycles. The monoisotopic (exact) mass is 235 g/mol. The van der Waals surface area contributed by atoms with E-state index in [1.165, 1.54) is 37.7 Å². The standard InChI is InChI=1S/C13H21NOSi/c1-3-7-12(8-4-1)11-14-16-15-13-9-5-2-6-10-13/h1,3-4,7-8,13-14H,2,5-6,9-11,16H2. The summed E-state index contributed by atoms with van der Waals surface area (Å²) >= 11 is 0. The van der Waals surface area contributed by atoms with Crippen molar-refractivity contribution in [1.82, 2.24) is 4.98 Å². The maximum atomic E-state index is 5.93. The molecule has 1 saturated carbocycles. The molecule has 0 radical (unpaired) electrons. The molecule has 16 heavy (non-hydrogen) atoms. The molecule has 0 spiro atoms. The van der Waals surface area contributed by atoms with Gasteiger partial charge in [-0.1, -0.05) is 49.6 Å². The molecule has 0 saturated heterocycles. The molecule has 0 unspecified atom stereocenters. The van der Waals surface area contributed by atoms with Gasteiger partial charge < -0.3 is 9.41 Å². The van der Waals surface area contributed by atoms with E-state index < -0.39 is 9.92 Å². The lowest BCUT2D eigenvalue weighted by Crippen LogP contribution is -2.28. The second-order valence-electron chi connectivity index (χ2n) is 4.48. The SMILES string of the molecule is c1ccc(CN[SiH2]OC2CCCCC2)cc1. The maximum Gasteiger partial charge on any atom is 0.236 e. The van der Waals surface area contributed by atoms with Crippen LogP contribution in [0.2, 0.25) is 0 Å². The molecule has 0 heterocycles. The average molecular weight is 235 g/mol. The third kappa shape index (κ3) is 4.08. The number of benzene rings is 1. The highest BCUT2D eigenvalue weighted by Gasteiger charge is 2.12. The van der Waals surface area contributed by atoms with Crippen LogP contribution in [0.25, 0.3) is 0 Å². The van der Waals surface area contributed by atoms with Gasteiger partial charge in [0.2, 0.25) is 9.92 Å². The van der Waals surface area contributed by atoms with Gasteiger partial charge in [-0.15, -0.1) is 0 Å². The van der Waals surface area contributed by atoms with Gasteiger partial charge in [-0.2, -0.15) is 0 Å². The number of nitrogens with one attached hydrogen (secondary N) is 1. The fraction of sp³-hybridized carbons (Fsp3) is 0.538. The Morgan fingerprint density at radius 2 is 1.88 bits per heavy atom. The largest absolute Gasteiger partial charge is 0.406 e. The fourth-order valence-corrected chi connectivity index (χ4v) is 3.28. The van der Waals surface area contributed by atoms with Crippen molar-refractivity contribution >= 4 is 9.92 Å². The first-order chi connectivity index (χ1) is 7.95. The van der Waals surface area contributed by atoms with Gasteiger partial charge in [0.15, 0.2) is 0 Å². The first-order valence-corrected chi connectivity index (χ1v) is 7.60. The molecule has 0 amide bonds. The lowest BCUT2D eigenvalue weighted by molar-refractivity contribution is 0.159. The van der Waals surface area contributed by atoms with Gasteiger partial charge in [-0.05, 0) is 18.4 Å². The molecular weight excluding hydrogens is 214 g/mol. The van der Waals surface area contributed by atoms with Crippen molar-refractivity contribution in [3.8, 4) is 0 Å². The fourth-order valence-electron chi connectivity index (χ4n) is 2.20. The zero-order valence-corrected chi connectivity index (χ0v) is 11.2. The van der Waals surface area contributed by atoms with Crippen molar-refractivity contribution < 1.29 is 4.43 Å². The molecular formula is C13H21NOSi. The van der Waals surface area contributed by atoms with Gasteiger partial charge >= 0.3 is 0 Å². The Morgan fingerprint density at radius 3 is 2.62 bits per heavy atom. The molecule has 1 aromatic rings. The van der Waals surface area contributed by atoms with Gasteiger partial charge in [0.25, 0.3) is 0 Å². The van der Waals surface area contributed by atoms with Crippen LogP contribution in [0.1, 0.15) is 37.7 Å². The van der Waals surface area contributed by atoms with E-state index in [0.29, 0.717) is 6.10 Å². The van der Waals surface area contributed by atoms with Crippen LogP contribution in [0.3, 0.4) is 0 Å². The van der Waals surface area contributed by atoms with Crippen LogP contribution in [-0.2, 0) is 11.0 Å². The van der Waals surface area contributed by atoms with E-state index in [1.807, 2.05) is 0 Å². The van der Waals surface area contributed by atoms with Crippen molar-refractivity contribution in [2.24, 2.45) is 0 Å². The molecule has 88 valence electrons. The minimum Gasteiger partial charge on any atom is -0.406 e. The van der Waals surface area contributed by atoms with Crippen LogP contribution < -0.4 is 4.98 Å². The van der Waals surface area contributed by atoms with Crippen molar-refractivity contribution in [3.05, 3.63) is 35.9 Å². The summed E-state index contributed by atoms with van der Waals surface area (Å²) < 4.78 is 5.93. The smallest absolute Gasteiger partial charge is 0.236 e. The second-order valence-corrected chi connectivity index (χ2v) is 5.61. The normalized spacial score (nSPS) is 18.2. The van der Waals surface area contributed by atoms with E-state index in [9.17, 15) is 0 Å². The molecule has 0 aromatic heterocycles. The van der Waals surface area contributed by atoms with E-state index in [0.717, 1.165) is 6.54 Å². The zero-order valence-electron chi connectivity index (χ0n) is 9.82. The third-order valence-corrected chi connectivity index (χ3v) is 4.24. The lowest BCUT2D eigenvalue weighted by atomic mass is 9.98. The van der Waals surface area contributed by atoms with Crippen LogP contribution in [0.5, 0.6) is 0 Å². The molecule has 1 aromatic carbocycles. The van der Waals surface area contributed by atoms with Crippen LogP contribution in [-0.4, -0.2) is 16.0 Å². The summed E-state index contributed by atoms with van der Waals surface area (Å²) in [7, 11) is -0.527. The Kier molecular flexibility index (Phi) is 5.05. The van der Waals surface area contributed by atoms with Gasteiger partial charge in [-0.25, -0.2) is 0 Å². The highest BCUT2D eigenvalue weighted by molar-refractivity contribution is 6.23. The van der Waals surface area contributed by atoms with Gasteiger partial charge in [0, 0.05) is 12.6 Å². The Morgan fingerprint density at radius 1 is 1.12 bits per heavy atom. The minimum atomic E-state index is -0.527. The maximum absolute atomic E-state index is 5.93. The van der Waals surface area contributed by atoms with Crippen molar-refractivity contribution in [2.45, 2.75) is 44.8 Å². The van der Waals surface area contributed by atoms with Gasteiger partial charge in [0.05, 0.1) is 0 Å². The Bertz CT molecular complexity index is 285. The highest BCUT2D eigenvalue weighted by Crippen LogP contribution is 2.19. The van der Waals surface area contributed by atoms with Crippen LogP contribution >= 0.6 is 0 Å². The Labute approximate surface area is 100 Å². The molecule has 0 bridgehead atoms. The Hall–Kier alpha value is -0.643. The van der Waals surface area contributed by atoms with E-state index in [1.54, 1.807) is 0 Å². The predicted octanol–water partition coefficient (Wildman–Crippen LogP) is 2.12. The first kappa shape index (κ1) is 11.8. The number of rotatable bonds is 5. The van der Waals surface area contributed by atoms with E-state index in [4.69, 9.17) is 4.43 Å². The highest BCUT2D eigenvalue weighted by atomic mass is 28.2. The topological polar surface area (TPSA) is 21.3 Å². The summed E-state index contributed by atoms with van der Waals surface area (Å²) in [5, 5.41) is 0. The predicted molar refractivity (Wildman–Crippen MR) is 69.8 cm³/mol. The quantitative estimate of drug-likeness (QED) is 0.623.